The highest BCUT2D eigenvalue weighted by atomic mass is 16.4. The van der Waals surface area contributed by atoms with Gasteiger partial charge >= 0.3 is 5.97 Å². The summed E-state index contributed by atoms with van der Waals surface area (Å²) in [4.78, 5) is 34.5. The minimum Gasteiger partial charge on any atom is -0.481 e. The van der Waals surface area contributed by atoms with Gasteiger partial charge in [-0.2, -0.15) is 0 Å². The molecule has 1 unspecified atom stereocenters. The standard InChI is InChI=1S/C9H14N2O4/c1-10-9(15)6-3-2-4-11(6)7(12)5-8(13)14/h6H,2-5H2,1H3,(H,10,15)(H,13,14). The van der Waals surface area contributed by atoms with E-state index in [9.17, 15) is 14.4 Å². The molecule has 1 heterocycles. The molecule has 1 saturated heterocycles. The molecule has 0 aromatic carbocycles. The third-order valence-electron chi connectivity index (χ3n) is 2.42. The molecule has 1 aliphatic heterocycles. The van der Waals surface area contributed by atoms with E-state index >= 15 is 0 Å². The minimum absolute atomic E-state index is 0.230. The van der Waals surface area contributed by atoms with Crippen LogP contribution in [0.1, 0.15) is 19.3 Å². The molecule has 0 aromatic rings. The molecule has 1 aliphatic rings. The van der Waals surface area contributed by atoms with Crippen LogP contribution in [-0.4, -0.2) is 47.4 Å². The van der Waals surface area contributed by atoms with Gasteiger partial charge in [0.25, 0.3) is 0 Å². The number of likely N-dealkylation sites (N-methyl/N-ethyl adjacent to an activating group) is 1. The molecule has 2 amide bonds. The molecule has 15 heavy (non-hydrogen) atoms. The molecule has 0 aliphatic carbocycles. The Labute approximate surface area is 87.2 Å². The summed E-state index contributed by atoms with van der Waals surface area (Å²) in [6.45, 7) is 0.462. The van der Waals surface area contributed by atoms with Crippen LogP contribution < -0.4 is 5.32 Å². The Bertz CT molecular complexity index is 290. The summed E-state index contributed by atoms with van der Waals surface area (Å²) >= 11 is 0. The van der Waals surface area contributed by atoms with Crippen molar-refractivity contribution in [1.29, 1.82) is 0 Å². The van der Waals surface area contributed by atoms with Crippen molar-refractivity contribution in [3.8, 4) is 0 Å². The summed E-state index contributed by atoms with van der Waals surface area (Å²) in [5.41, 5.74) is 0. The van der Waals surface area contributed by atoms with E-state index in [0.717, 1.165) is 6.42 Å². The monoisotopic (exact) mass is 214 g/mol. The Hall–Kier alpha value is -1.59. The predicted octanol–water partition coefficient (Wildman–Crippen LogP) is -0.802. The second kappa shape index (κ2) is 4.77. The van der Waals surface area contributed by atoms with Gasteiger partial charge in [0, 0.05) is 13.6 Å². The van der Waals surface area contributed by atoms with Crippen LogP contribution in [0.25, 0.3) is 0 Å². The highest BCUT2D eigenvalue weighted by Gasteiger charge is 2.33. The van der Waals surface area contributed by atoms with E-state index in [2.05, 4.69) is 5.32 Å². The zero-order valence-corrected chi connectivity index (χ0v) is 8.52. The highest BCUT2D eigenvalue weighted by molar-refractivity contribution is 5.96. The van der Waals surface area contributed by atoms with E-state index in [1.165, 1.54) is 11.9 Å². The van der Waals surface area contributed by atoms with Crippen LogP contribution in [0.15, 0.2) is 0 Å². The number of nitrogens with zero attached hydrogens (tertiary/aromatic N) is 1. The van der Waals surface area contributed by atoms with Crippen molar-refractivity contribution in [3.63, 3.8) is 0 Å². The molecule has 0 radical (unpaired) electrons. The number of likely N-dealkylation sites (tertiary alicyclic amines) is 1. The van der Waals surface area contributed by atoms with E-state index in [-0.39, 0.29) is 5.91 Å². The molecular formula is C9H14N2O4. The Morgan fingerprint density at radius 2 is 2.13 bits per heavy atom. The van der Waals surface area contributed by atoms with Crippen molar-refractivity contribution in [2.75, 3.05) is 13.6 Å². The van der Waals surface area contributed by atoms with Gasteiger partial charge in [-0.1, -0.05) is 0 Å². The van der Waals surface area contributed by atoms with E-state index in [1.807, 2.05) is 0 Å². The molecule has 1 rings (SSSR count). The van der Waals surface area contributed by atoms with Crippen molar-refractivity contribution in [2.45, 2.75) is 25.3 Å². The average Bonchev–Trinajstić information content (AvgIpc) is 2.63. The Kier molecular flexibility index (Phi) is 3.65. The number of rotatable bonds is 3. The lowest BCUT2D eigenvalue weighted by molar-refractivity contribution is -0.146. The SMILES string of the molecule is CNC(=O)C1CCCN1C(=O)CC(=O)O. The molecule has 6 nitrogen and oxygen atoms in total. The van der Waals surface area contributed by atoms with Gasteiger partial charge in [-0.15, -0.1) is 0 Å². The van der Waals surface area contributed by atoms with Crippen molar-refractivity contribution in [2.24, 2.45) is 0 Å². The van der Waals surface area contributed by atoms with Gasteiger partial charge in [0.15, 0.2) is 0 Å². The van der Waals surface area contributed by atoms with E-state index < -0.39 is 24.3 Å². The van der Waals surface area contributed by atoms with E-state index in [4.69, 9.17) is 5.11 Å². The first-order chi connectivity index (χ1) is 7.06. The number of carbonyl (C=O) groups is 3. The van der Waals surface area contributed by atoms with Crippen molar-refractivity contribution in [1.82, 2.24) is 10.2 Å². The number of aliphatic carboxylic acids is 1. The fourth-order valence-corrected chi connectivity index (χ4v) is 1.74. The quantitative estimate of drug-likeness (QED) is 0.602. The summed E-state index contributed by atoms with van der Waals surface area (Å²) in [5, 5.41) is 10.9. The molecule has 1 atom stereocenters. The van der Waals surface area contributed by atoms with E-state index in [0.29, 0.717) is 13.0 Å². The van der Waals surface area contributed by atoms with Crippen LogP contribution in [0.3, 0.4) is 0 Å². The molecule has 6 heteroatoms. The van der Waals surface area contributed by atoms with Gasteiger partial charge in [-0.05, 0) is 12.8 Å². The number of hydrogen-bond acceptors (Lipinski definition) is 3. The molecule has 84 valence electrons. The number of carboxylic acid groups (broad SMARTS) is 1. The lowest BCUT2D eigenvalue weighted by Gasteiger charge is -2.22. The maximum absolute atomic E-state index is 11.5. The summed E-state index contributed by atoms with van der Waals surface area (Å²) in [7, 11) is 1.50. The van der Waals surface area contributed by atoms with Gasteiger partial charge < -0.3 is 15.3 Å². The van der Waals surface area contributed by atoms with Gasteiger partial charge in [0.2, 0.25) is 11.8 Å². The maximum atomic E-state index is 11.5. The van der Waals surface area contributed by atoms with Crippen LogP contribution in [0, 0.1) is 0 Å². The Balaban J connectivity index is 2.63. The van der Waals surface area contributed by atoms with Gasteiger partial charge in [-0.25, -0.2) is 0 Å². The van der Waals surface area contributed by atoms with Crippen LogP contribution >= 0.6 is 0 Å². The molecule has 0 bridgehead atoms. The van der Waals surface area contributed by atoms with E-state index in [1.54, 1.807) is 0 Å². The molecule has 0 spiro atoms. The minimum atomic E-state index is -1.16. The van der Waals surface area contributed by atoms with Crippen LogP contribution in [0.4, 0.5) is 0 Å². The second-order valence-corrected chi connectivity index (χ2v) is 3.43. The number of carbonyl (C=O) groups excluding carboxylic acids is 2. The topological polar surface area (TPSA) is 86.7 Å². The maximum Gasteiger partial charge on any atom is 0.312 e. The second-order valence-electron chi connectivity index (χ2n) is 3.43. The first kappa shape index (κ1) is 11.5. The molecule has 2 N–H and O–H groups in total. The Morgan fingerprint density at radius 3 is 2.67 bits per heavy atom. The Morgan fingerprint density at radius 1 is 1.47 bits per heavy atom. The van der Waals surface area contributed by atoms with Crippen LogP contribution in [-0.2, 0) is 14.4 Å². The number of nitrogens with one attached hydrogen (secondary N) is 1. The summed E-state index contributed by atoms with van der Waals surface area (Å²) in [6, 6.07) is -0.498. The molecular weight excluding hydrogens is 200 g/mol. The summed E-state index contributed by atoms with van der Waals surface area (Å²) < 4.78 is 0. The normalized spacial score (nSPS) is 20.1. The smallest absolute Gasteiger partial charge is 0.312 e. The zero-order chi connectivity index (χ0) is 11.4. The lowest BCUT2D eigenvalue weighted by Crippen LogP contribution is -2.45. The number of carboxylic acids is 1. The first-order valence-corrected chi connectivity index (χ1v) is 4.79. The summed E-state index contributed by atoms with van der Waals surface area (Å²) in [5.74, 6) is -1.89. The van der Waals surface area contributed by atoms with Gasteiger partial charge in [0.05, 0.1) is 0 Å². The van der Waals surface area contributed by atoms with Gasteiger partial charge in [0.1, 0.15) is 12.5 Å². The summed E-state index contributed by atoms with van der Waals surface area (Å²) in [6.07, 6.45) is 0.794. The van der Waals surface area contributed by atoms with Crippen molar-refractivity contribution in [3.05, 3.63) is 0 Å². The number of hydrogen-bond donors (Lipinski definition) is 2. The van der Waals surface area contributed by atoms with Gasteiger partial charge in [-0.3, -0.25) is 14.4 Å². The zero-order valence-electron chi connectivity index (χ0n) is 8.52. The molecule has 1 fully saturated rings. The highest BCUT2D eigenvalue weighted by Crippen LogP contribution is 2.18. The largest absolute Gasteiger partial charge is 0.481 e. The average molecular weight is 214 g/mol. The van der Waals surface area contributed by atoms with Crippen LogP contribution in [0.5, 0.6) is 0 Å². The van der Waals surface area contributed by atoms with Crippen molar-refractivity contribution >= 4 is 17.8 Å². The fourth-order valence-electron chi connectivity index (χ4n) is 1.74. The lowest BCUT2D eigenvalue weighted by atomic mass is 10.2. The predicted molar refractivity (Wildman–Crippen MR) is 51.1 cm³/mol. The molecule has 0 aromatic heterocycles. The fraction of sp³-hybridized carbons (Fsp3) is 0.667. The van der Waals surface area contributed by atoms with Crippen molar-refractivity contribution < 1.29 is 19.5 Å². The third-order valence-corrected chi connectivity index (χ3v) is 2.42. The molecule has 0 saturated carbocycles. The first-order valence-electron chi connectivity index (χ1n) is 4.79. The van der Waals surface area contributed by atoms with Crippen LogP contribution in [0.2, 0.25) is 0 Å². The number of amides is 2. The third kappa shape index (κ3) is 2.68.